The summed E-state index contributed by atoms with van der Waals surface area (Å²) in [5.74, 6) is 6.41. The molecule has 0 spiro atoms. The maximum atomic E-state index is 11.0. The first-order valence-corrected chi connectivity index (χ1v) is 5.08. The van der Waals surface area contributed by atoms with Gasteiger partial charge in [0.25, 0.3) is 0 Å². The fraction of sp³-hybridized carbons (Fsp3) is 0.364. The van der Waals surface area contributed by atoms with E-state index >= 15 is 0 Å². The molecule has 94 valence electrons. The molecular formula is C11H17N3O3. The van der Waals surface area contributed by atoms with Crippen molar-refractivity contribution in [3.63, 3.8) is 0 Å². The van der Waals surface area contributed by atoms with Gasteiger partial charge < -0.3 is 14.8 Å². The van der Waals surface area contributed by atoms with Crippen LogP contribution in [-0.4, -0.2) is 20.3 Å². The minimum atomic E-state index is -0.452. The molecule has 2 amide bonds. The summed E-state index contributed by atoms with van der Waals surface area (Å²) in [4.78, 5) is 11.0. The number of amides is 2. The molecule has 0 aliphatic rings. The number of urea groups is 1. The van der Waals surface area contributed by atoms with E-state index in [9.17, 15) is 4.79 Å². The molecule has 0 bridgehead atoms. The maximum Gasteiger partial charge on any atom is 0.329 e. The second-order valence-electron chi connectivity index (χ2n) is 3.46. The zero-order chi connectivity index (χ0) is 12.8. The van der Waals surface area contributed by atoms with E-state index in [0.29, 0.717) is 12.3 Å². The molecule has 1 rings (SSSR count). The number of methoxy groups -OCH3 is 2. The van der Waals surface area contributed by atoms with Crippen molar-refractivity contribution in [2.45, 2.75) is 13.5 Å². The number of benzene rings is 1. The number of rotatable bonds is 4. The highest BCUT2D eigenvalue weighted by molar-refractivity contribution is 5.73. The Morgan fingerprint density at radius 2 is 1.94 bits per heavy atom. The normalized spacial score (nSPS) is 9.65. The van der Waals surface area contributed by atoms with Crippen LogP contribution >= 0.6 is 0 Å². The molecule has 1 aromatic rings. The predicted molar refractivity (Wildman–Crippen MR) is 63.8 cm³/mol. The summed E-state index contributed by atoms with van der Waals surface area (Å²) in [7, 11) is 3.17. The number of hydrazine groups is 1. The summed E-state index contributed by atoms with van der Waals surface area (Å²) in [5, 5.41) is 2.58. The fourth-order valence-electron chi connectivity index (χ4n) is 1.48. The second kappa shape index (κ2) is 5.95. The van der Waals surface area contributed by atoms with Crippen LogP contribution in [0.15, 0.2) is 12.1 Å². The largest absolute Gasteiger partial charge is 0.496 e. The van der Waals surface area contributed by atoms with E-state index in [1.165, 1.54) is 0 Å². The molecule has 4 N–H and O–H groups in total. The highest BCUT2D eigenvalue weighted by atomic mass is 16.5. The summed E-state index contributed by atoms with van der Waals surface area (Å²) in [6.07, 6.45) is 0. The van der Waals surface area contributed by atoms with Crippen LogP contribution in [0.1, 0.15) is 11.1 Å². The van der Waals surface area contributed by atoms with E-state index in [0.717, 1.165) is 16.9 Å². The Morgan fingerprint density at radius 3 is 2.47 bits per heavy atom. The van der Waals surface area contributed by atoms with Crippen molar-refractivity contribution in [1.29, 1.82) is 0 Å². The third-order valence-corrected chi connectivity index (χ3v) is 2.37. The van der Waals surface area contributed by atoms with Crippen LogP contribution in [0.25, 0.3) is 0 Å². The van der Waals surface area contributed by atoms with Crippen LogP contribution in [0.5, 0.6) is 11.5 Å². The van der Waals surface area contributed by atoms with E-state index in [1.807, 2.05) is 24.5 Å². The van der Waals surface area contributed by atoms with Crippen LogP contribution in [0.3, 0.4) is 0 Å². The topological polar surface area (TPSA) is 85.6 Å². The van der Waals surface area contributed by atoms with Gasteiger partial charge in [-0.2, -0.15) is 0 Å². The van der Waals surface area contributed by atoms with Gasteiger partial charge in [0.15, 0.2) is 0 Å². The zero-order valence-corrected chi connectivity index (χ0v) is 10.2. The van der Waals surface area contributed by atoms with E-state index in [2.05, 4.69) is 5.32 Å². The third-order valence-electron chi connectivity index (χ3n) is 2.37. The van der Waals surface area contributed by atoms with Gasteiger partial charge in [0.05, 0.1) is 14.2 Å². The molecular weight excluding hydrogens is 222 g/mol. The van der Waals surface area contributed by atoms with Crippen molar-refractivity contribution in [3.05, 3.63) is 23.3 Å². The first kappa shape index (κ1) is 13.1. The molecule has 0 aromatic heterocycles. The molecule has 0 saturated carbocycles. The van der Waals surface area contributed by atoms with Gasteiger partial charge in [-0.1, -0.05) is 0 Å². The first-order chi connectivity index (χ1) is 8.12. The van der Waals surface area contributed by atoms with Gasteiger partial charge in [-0.05, 0) is 24.6 Å². The number of hydrogen-bond donors (Lipinski definition) is 3. The second-order valence-corrected chi connectivity index (χ2v) is 3.46. The van der Waals surface area contributed by atoms with E-state index < -0.39 is 6.03 Å². The van der Waals surface area contributed by atoms with Crippen LogP contribution in [0, 0.1) is 6.92 Å². The molecule has 0 aliphatic heterocycles. The molecule has 1 aromatic carbocycles. The van der Waals surface area contributed by atoms with E-state index in [-0.39, 0.29) is 0 Å². The maximum absolute atomic E-state index is 11.0. The van der Waals surface area contributed by atoms with Crippen molar-refractivity contribution < 1.29 is 14.3 Å². The van der Waals surface area contributed by atoms with E-state index in [1.54, 1.807) is 14.2 Å². The average Bonchev–Trinajstić information content (AvgIpc) is 2.36. The molecule has 0 aliphatic carbocycles. The Kier molecular flexibility index (Phi) is 4.59. The van der Waals surface area contributed by atoms with Gasteiger partial charge in [-0.15, -0.1) is 0 Å². The van der Waals surface area contributed by atoms with Crippen LogP contribution < -0.4 is 26.1 Å². The summed E-state index contributed by atoms with van der Waals surface area (Å²) in [6, 6.07) is 3.23. The SMILES string of the molecule is COc1cc(CNC(=O)NN)c(OC)cc1C. The van der Waals surface area contributed by atoms with Crippen molar-refractivity contribution in [2.24, 2.45) is 5.84 Å². The lowest BCUT2D eigenvalue weighted by Crippen LogP contribution is -2.39. The lowest BCUT2D eigenvalue weighted by Gasteiger charge is -2.13. The third kappa shape index (κ3) is 3.25. The monoisotopic (exact) mass is 239 g/mol. The Labute approximate surface area is 100 Å². The lowest BCUT2D eigenvalue weighted by atomic mass is 10.1. The van der Waals surface area contributed by atoms with E-state index in [4.69, 9.17) is 15.3 Å². The smallest absolute Gasteiger partial charge is 0.329 e. The van der Waals surface area contributed by atoms with Gasteiger partial charge >= 0.3 is 6.03 Å². The summed E-state index contributed by atoms with van der Waals surface area (Å²) in [6.45, 7) is 2.23. The molecule has 0 fully saturated rings. The summed E-state index contributed by atoms with van der Waals surface area (Å²) < 4.78 is 10.4. The molecule has 0 unspecified atom stereocenters. The number of carbonyl (C=O) groups excluding carboxylic acids is 1. The summed E-state index contributed by atoms with van der Waals surface area (Å²) >= 11 is 0. The zero-order valence-electron chi connectivity index (χ0n) is 10.2. The van der Waals surface area contributed by atoms with Gasteiger partial charge in [0.1, 0.15) is 11.5 Å². The number of nitrogens with one attached hydrogen (secondary N) is 2. The Hall–Kier alpha value is -1.95. The standard InChI is InChI=1S/C11H17N3O3/c1-7-4-10(17-3)8(5-9(7)16-2)6-13-11(15)14-12/h4-5H,6,12H2,1-3H3,(H2,13,14,15). The van der Waals surface area contributed by atoms with Gasteiger partial charge in [0, 0.05) is 12.1 Å². The molecule has 0 atom stereocenters. The van der Waals surface area contributed by atoms with Crippen molar-refractivity contribution in [1.82, 2.24) is 10.7 Å². The predicted octanol–water partition coefficient (Wildman–Crippen LogP) is 0.685. The van der Waals surface area contributed by atoms with Gasteiger partial charge in [0.2, 0.25) is 0 Å². The number of ether oxygens (including phenoxy) is 2. The van der Waals surface area contributed by atoms with Gasteiger partial charge in [-0.25, -0.2) is 10.6 Å². The van der Waals surface area contributed by atoms with Crippen LogP contribution in [0.4, 0.5) is 4.79 Å². The molecule has 0 saturated heterocycles. The van der Waals surface area contributed by atoms with Crippen LogP contribution in [-0.2, 0) is 6.54 Å². The minimum Gasteiger partial charge on any atom is -0.496 e. The minimum absolute atomic E-state index is 0.308. The van der Waals surface area contributed by atoms with Crippen molar-refractivity contribution in [3.8, 4) is 11.5 Å². The highest BCUT2D eigenvalue weighted by Gasteiger charge is 2.09. The number of nitrogens with two attached hydrogens (primary N) is 1. The fourth-order valence-corrected chi connectivity index (χ4v) is 1.48. The summed E-state index contributed by atoms with van der Waals surface area (Å²) in [5.41, 5.74) is 3.78. The lowest BCUT2D eigenvalue weighted by molar-refractivity contribution is 0.240. The number of carbonyl (C=O) groups is 1. The quantitative estimate of drug-likeness (QED) is 0.410. The number of aryl methyl sites for hydroxylation is 1. The Balaban J connectivity index is 2.92. The van der Waals surface area contributed by atoms with Crippen molar-refractivity contribution in [2.75, 3.05) is 14.2 Å². The average molecular weight is 239 g/mol. The highest BCUT2D eigenvalue weighted by Crippen LogP contribution is 2.27. The number of hydrogen-bond acceptors (Lipinski definition) is 4. The van der Waals surface area contributed by atoms with Gasteiger partial charge in [-0.3, -0.25) is 5.43 Å². The Bertz CT molecular complexity index is 407. The molecule has 0 radical (unpaired) electrons. The molecule has 0 heterocycles. The molecule has 6 heteroatoms. The molecule has 6 nitrogen and oxygen atoms in total. The van der Waals surface area contributed by atoms with Crippen molar-refractivity contribution >= 4 is 6.03 Å². The Morgan fingerprint density at radius 1 is 1.29 bits per heavy atom. The first-order valence-electron chi connectivity index (χ1n) is 5.08. The molecule has 17 heavy (non-hydrogen) atoms. The van der Waals surface area contributed by atoms with Crippen LogP contribution in [0.2, 0.25) is 0 Å².